The number of hydrogen-bond donors (Lipinski definition) is 2. The van der Waals surface area contributed by atoms with Crippen molar-refractivity contribution in [3.63, 3.8) is 0 Å². The highest BCUT2D eigenvalue weighted by molar-refractivity contribution is 6.06. The first-order valence-corrected chi connectivity index (χ1v) is 8.52. The summed E-state index contributed by atoms with van der Waals surface area (Å²) >= 11 is 0. The normalized spacial score (nSPS) is 19.6. The van der Waals surface area contributed by atoms with Gasteiger partial charge in [0.25, 0.3) is 5.91 Å². The van der Waals surface area contributed by atoms with E-state index in [2.05, 4.69) is 0 Å². The molecule has 0 spiro atoms. The van der Waals surface area contributed by atoms with Gasteiger partial charge in [0, 0.05) is 25.1 Å². The molecular weight excluding hydrogens is 381 g/mol. The third-order valence-corrected chi connectivity index (χ3v) is 4.53. The number of rotatable bonds is 2. The van der Waals surface area contributed by atoms with Gasteiger partial charge in [-0.1, -0.05) is 12.1 Å². The molecule has 152 valence electrons. The minimum absolute atomic E-state index is 0.0166. The Kier molecular flexibility index (Phi) is 6.55. The van der Waals surface area contributed by atoms with Crippen LogP contribution in [0.5, 0.6) is 0 Å². The number of carbonyl (C=O) groups is 4. The van der Waals surface area contributed by atoms with Crippen LogP contribution < -0.4 is 5.73 Å². The Hall–Kier alpha value is -2.75. The number of halogens is 3. The summed E-state index contributed by atoms with van der Waals surface area (Å²) in [6.45, 7) is 0.866. The molecule has 1 aromatic rings. The number of nitrogens with zero attached hydrogens (tertiary/aromatic N) is 1. The van der Waals surface area contributed by atoms with Gasteiger partial charge >= 0.3 is 12.1 Å². The number of carbonyl (C=O) groups excluding carboxylic acids is 3. The van der Waals surface area contributed by atoms with Gasteiger partial charge in [0.1, 0.15) is 5.78 Å². The number of nitrogens with two attached hydrogens (primary N) is 1. The van der Waals surface area contributed by atoms with Crippen molar-refractivity contribution in [3.05, 3.63) is 34.9 Å². The summed E-state index contributed by atoms with van der Waals surface area (Å²) < 4.78 is 31.7. The third-order valence-electron chi connectivity index (χ3n) is 4.53. The molecule has 3 rings (SSSR count). The summed E-state index contributed by atoms with van der Waals surface area (Å²) in [5.41, 5.74) is 8.17. The molecule has 1 heterocycles. The predicted octanol–water partition coefficient (Wildman–Crippen LogP) is 1.82. The van der Waals surface area contributed by atoms with Crippen molar-refractivity contribution >= 4 is 23.4 Å². The minimum Gasteiger partial charge on any atom is -0.475 e. The highest BCUT2D eigenvalue weighted by Gasteiger charge is 2.38. The molecule has 1 aliphatic heterocycles. The Balaban J connectivity index is 0.000000345. The van der Waals surface area contributed by atoms with Crippen molar-refractivity contribution in [3.8, 4) is 0 Å². The first kappa shape index (κ1) is 21.5. The lowest BCUT2D eigenvalue weighted by Gasteiger charge is -2.25. The van der Waals surface area contributed by atoms with Crippen molar-refractivity contribution in [2.75, 3.05) is 0 Å². The molecule has 28 heavy (non-hydrogen) atoms. The summed E-state index contributed by atoms with van der Waals surface area (Å²) in [6, 6.07) is 5.10. The first-order valence-electron chi connectivity index (χ1n) is 8.52. The zero-order valence-electron chi connectivity index (χ0n) is 14.8. The fourth-order valence-electron chi connectivity index (χ4n) is 3.16. The van der Waals surface area contributed by atoms with Crippen molar-refractivity contribution in [1.29, 1.82) is 0 Å². The average Bonchev–Trinajstić information content (AvgIpc) is 2.83. The molecule has 1 saturated carbocycles. The number of aliphatic carboxylic acids is 1. The molecule has 7 nitrogen and oxygen atoms in total. The van der Waals surface area contributed by atoms with E-state index in [1.54, 1.807) is 11.0 Å². The van der Waals surface area contributed by atoms with Crippen molar-refractivity contribution in [2.45, 2.75) is 51.0 Å². The maximum atomic E-state index is 12.5. The number of ketones is 2. The van der Waals surface area contributed by atoms with Gasteiger partial charge in [0.15, 0.2) is 5.78 Å². The van der Waals surface area contributed by atoms with Crippen LogP contribution in [0.25, 0.3) is 0 Å². The Morgan fingerprint density at radius 3 is 2.46 bits per heavy atom. The molecule has 0 saturated heterocycles. The number of benzene rings is 1. The van der Waals surface area contributed by atoms with E-state index in [0.717, 1.165) is 11.1 Å². The molecule has 10 heteroatoms. The van der Waals surface area contributed by atoms with Crippen molar-refractivity contribution < 1.29 is 37.5 Å². The number of hydrogen-bond acceptors (Lipinski definition) is 5. The van der Waals surface area contributed by atoms with Gasteiger partial charge in [-0.2, -0.15) is 13.2 Å². The molecule has 2 aliphatic rings. The number of carboxylic acids is 1. The number of Topliss-reactive ketones (excluding diaryl/α,β-unsaturated/α-hetero) is 2. The molecule has 1 aliphatic carbocycles. The van der Waals surface area contributed by atoms with Crippen molar-refractivity contribution in [1.82, 2.24) is 4.90 Å². The maximum Gasteiger partial charge on any atom is 0.490 e. The smallest absolute Gasteiger partial charge is 0.475 e. The lowest BCUT2D eigenvalue weighted by molar-refractivity contribution is -0.192. The van der Waals surface area contributed by atoms with Gasteiger partial charge in [0.05, 0.1) is 12.5 Å². The van der Waals surface area contributed by atoms with Crippen molar-refractivity contribution in [2.24, 2.45) is 5.73 Å². The second-order valence-electron chi connectivity index (χ2n) is 6.52. The van der Waals surface area contributed by atoms with Crippen LogP contribution in [0, 0.1) is 0 Å². The van der Waals surface area contributed by atoms with Gasteiger partial charge in [-0.05, 0) is 30.0 Å². The second kappa shape index (κ2) is 8.51. The van der Waals surface area contributed by atoms with Crippen LogP contribution in [0.15, 0.2) is 18.2 Å². The summed E-state index contributed by atoms with van der Waals surface area (Å²) in [5, 5.41) is 7.12. The van der Waals surface area contributed by atoms with E-state index in [1.807, 2.05) is 12.1 Å². The molecular formula is C18H19F3N2O5. The molecule has 1 aromatic carbocycles. The number of amides is 1. The SMILES string of the molecule is NCc1ccc2c(c1)CN([C@H]1CCCC(=O)CC1=O)C2=O.O=C(O)C(F)(F)F. The van der Waals surface area contributed by atoms with E-state index < -0.39 is 18.2 Å². The average molecular weight is 400 g/mol. The van der Waals surface area contributed by atoms with Crippen LogP contribution >= 0.6 is 0 Å². The molecule has 0 aromatic heterocycles. The number of alkyl halides is 3. The minimum atomic E-state index is -5.08. The van der Waals surface area contributed by atoms with E-state index in [0.29, 0.717) is 37.9 Å². The van der Waals surface area contributed by atoms with Gasteiger partial charge in [0.2, 0.25) is 0 Å². The van der Waals surface area contributed by atoms with E-state index in [9.17, 15) is 27.6 Å². The fourth-order valence-corrected chi connectivity index (χ4v) is 3.16. The molecule has 0 radical (unpaired) electrons. The summed E-state index contributed by atoms with van der Waals surface area (Å²) in [7, 11) is 0. The standard InChI is InChI=1S/C16H18N2O3.C2HF3O2/c17-8-10-4-5-13-11(6-10)9-18(16(13)21)14-3-1-2-12(19)7-15(14)20;3-2(4,5)1(6)7/h4-6,14H,1-3,7-9,17H2;(H,6,7)/t14-;/m0./s1. The van der Waals surface area contributed by atoms with Crippen LogP contribution in [0.1, 0.15) is 47.2 Å². The number of fused-ring (bicyclic) bond motifs is 1. The lowest BCUT2D eigenvalue weighted by atomic mass is 10.1. The molecule has 0 bridgehead atoms. The maximum absolute atomic E-state index is 12.5. The molecule has 0 unspecified atom stereocenters. The van der Waals surface area contributed by atoms with Crippen LogP contribution in [-0.4, -0.2) is 45.7 Å². The fraction of sp³-hybridized carbons (Fsp3) is 0.444. The van der Waals surface area contributed by atoms with E-state index in [1.165, 1.54) is 0 Å². The zero-order valence-corrected chi connectivity index (χ0v) is 14.8. The van der Waals surface area contributed by atoms with E-state index in [-0.39, 0.29) is 23.9 Å². The number of carboxylic acid groups (broad SMARTS) is 1. The van der Waals surface area contributed by atoms with Crippen LogP contribution in [-0.2, 0) is 27.5 Å². The van der Waals surface area contributed by atoms with Gasteiger partial charge < -0.3 is 15.7 Å². The highest BCUT2D eigenvalue weighted by Crippen LogP contribution is 2.29. The van der Waals surface area contributed by atoms with Crippen LogP contribution in [0.4, 0.5) is 13.2 Å². The van der Waals surface area contributed by atoms with Gasteiger partial charge in [-0.25, -0.2) is 4.79 Å². The van der Waals surface area contributed by atoms with Gasteiger partial charge in [-0.15, -0.1) is 0 Å². The summed E-state index contributed by atoms with van der Waals surface area (Å²) in [4.78, 5) is 46.7. The Morgan fingerprint density at radius 2 is 1.89 bits per heavy atom. The quantitative estimate of drug-likeness (QED) is 0.578. The third kappa shape index (κ3) is 4.94. The highest BCUT2D eigenvalue weighted by atomic mass is 19.4. The van der Waals surface area contributed by atoms with E-state index in [4.69, 9.17) is 15.6 Å². The Labute approximate surface area is 158 Å². The van der Waals surface area contributed by atoms with Crippen LogP contribution in [0.2, 0.25) is 0 Å². The predicted molar refractivity (Wildman–Crippen MR) is 90.2 cm³/mol. The Bertz CT molecular complexity index is 807. The zero-order chi connectivity index (χ0) is 21.1. The largest absolute Gasteiger partial charge is 0.490 e. The summed E-state index contributed by atoms with van der Waals surface area (Å²) in [6.07, 6.45) is -3.44. The second-order valence-corrected chi connectivity index (χ2v) is 6.52. The summed E-state index contributed by atoms with van der Waals surface area (Å²) in [5.74, 6) is -3.01. The van der Waals surface area contributed by atoms with Gasteiger partial charge in [-0.3, -0.25) is 14.4 Å². The molecule has 1 atom stereocenters. The van der Waals surface area contributed by atoms with Crippen LogP contribution in [0.3, 0.4) is 0 Å². The monoisotopic (exact) mass is 400 g/mol. The lowest BCUT2D eigenvalue weighted by Crippen LogP contribution is -2.41. The Morgan fingerprint density at radius 1 is 1.25 bits per heavy atom. The topological polar surface area (TPSA) is 118 Å². The molecule has 1 fully saturated rings. The first-order chi connectivity index (χ1) is 13.0. The molecule has 3 N–H and O–H groups in total. The van der Waals surface area contributed by atoms with E-state index >= 15 is 0 Å². The molecule has 1 amide bonds.